The van der Waals surface area contributed by atoms with Crippen LogP contribution in [0.5, 0.6) is 0 Å². The van der Waals surface area contributed by atoms with Crippen molar-refractivity contribution in [1.82, 2.24) is 0 Å². The molecule has 0 aliphatic heterocycles. The summed E-state index contributed by atoms with van der Waals surface area (Å²) in [6.45, 7) is 2.06. The van der Waals surface area contributed by atoms with Crippen LogP contribution in [0.25, 0.3) is 0 Å². The Morgan fingerprint density at radius 2 is 2.05 bits per heavy atom. The smallest absolute Gasteiger partial charge is 0.307 e. The van der Waals surface area contributed by atoms with Gasteiger partial charge in [-0.2, -0.15) is 0 Å². The van der Waals surface area contributed by atoms with E-state index in [2.05, 4.69) is 0 Å². The van der Waals surface area contributed by atoms with Crippen molar-refractivity contribution in [2.24, 2.45) is 0 Å². The van der Waals surface area contributed by atoms with Crippen LogP contribution in [-0.4, -0.2) is 37.2 Å². The largest absolute Gasteiger partial charge is 0.438 e. The zero-order valence-electron chi connectivity index (χ0n) is 11.1. The lowest BCUT2D eigenvalue weighted by Crippen LogP contribution is -2.25. The van der Waals surface area contributed by atoms with Gasteiger partial charge in [0.25, 0.3) is 0 Å². The van der Waals surface area contributed by atoms with Gasteiger partial charge in [-0.15, -0.1) is 0 Å². The van der Waals surface area contributed by atoms with E-state index in [9.17, 15) is 4.79 Å². The molecule has 0 amide bonds. The van der Waals surface area contributed by atoms with Crippen LogP contribution in [0.3, 0.4) is 0 Å². The average molecular weight is 268 g/mol. The maximum Gasteiger partial charge on any atom is 0.307 e. The number of benzene rings is 1. The second kappa shape index (κ2) is 9.49. The van der Waals surface area contributed by atoms with E-state index < -0.39 is 6.10 Å². The molecule has 0 saturated carbocycles. The fraction of sp³-hybridized carbons (Fsp3) is 0.500. The summed E-state index contributed by atoms with van der Waals surface area (Å²) in [5, 5.41) is 9.10. The molecule has 19 heavy (non-hydrogen) atoms. The predicted molar refractivity (Wildman–Crippen MR) is 69.3 cm³/mol. The summed E-state index contributed by atoms with van der Waals surface area (Å²) in [4.78, 5) is 10.9. The molecule has 0 saturated heterocycles. The summed E-state index contributed by atoms with van der Waals surface area (Å²) < 4.78 is 15.4. The first-order chi connectivity index (χ1) is 9.26. The zero-order valence-corrected chi connectivity index (χ0v) is 11.1. The third-order valence-electron chi connectivity index (χ3n) is 2.43. The minimum Gasteiger partial charge on any atom is -0.438 e. The van der Waals surface area contributed by atoms with Crippen LogP contribution in [0, 0.1) is 0 Å². The van der Waals surface area contributed by atoms with E-state index in [1.165, 1.54) is 0 Å². The lowest BCUT2D eigenvalue weighted by atomic mass is 10.2. The molecule has 0 radical (unpaired) electrons. The lowest BCUT2D eigenvalue weighted by Gasteiger charge is -2.15. The van der Waals surface area contributed by atoms with Crippen LogP contribution in [0.15, 0.2) is 30.3 Å². The van der Waals surface area contributed by atoms with Gasteiger partial charge in [0.1, 0.15) is 6.10 Å². The Labute approximate surface area is 113 Å². The second-order valence-electron chi connectivity index (χ2n) is 3.96. The monoisotopic (exact) mass is 268 g/mol. The number of hydrogen-bond acceptors (Lipinski definition) is 5. The van der Waals surface area contributed by atoms with Crippen LogP contribution < -0.4 is 0 Å². The molecule has 0 heterocycles. The van der Waals surface area contributed by atoms with E-state index in [1.54, 1.807) is 6.92 Å². The van der Waals surface area contributed by atoms with Crippen molar-refractivity contribution < 1.29 is 24.1 Å². The first kappa shape index (κ1) is 15.6. The van der Waals surface area contributed by atoms with Crippen molar-refractivity contribution in [2.75, 3.05) is 20.0 Å². The molecular weight excluding hydrogens is 248 g/mol. The first-order valence-electron chi connectivity index (χ1n) is 6.26. The van der Waals surface area contributed by atoms with Gasteiger partial charge in [-0.25, -0.2) is 0 Å². The fourth-order valence-corrected chi connectivity index (χ4v) is 1.33. The van der Waals surface area contributed by atoms with Crippen molar-refractivity contribution in [3.63, 3.8) is 0 Å². The molecule has 5 heteroatoms. The second-order valence-corrected chi connectivity index (χ2v) is 3.96. The van der Waals surface area contributed by atoms with E-state index in [0.29, 0.717) is 13.0 Å². The predicted octanol–water partition coefficient (Wildman–Crippen LogP) is 1.49. The Morgan fingerprint density at radius 1 is 1.32 bits per heavy atom. The fourth-order valence-electron chi connectivity index (χ4n) is 1.33. The van der Waals surface area contributed by atoms with Crippen molar-refractivity contribution in [2.45, 2.75) is 26.1 Å². The van der Waals surface area contributed by atoms with Crippen LogP contribution in [0.1, 0.15) is 18.9 Å². The Hall–Kier alpha value is -1.43. The van der Waals surface area contributed by atoms with E-state index >= 15 is 0 Å². The normalized spacial score (nSPS) is 12.1. The van der Waals surface area contributed by atoms with Crippen molar-refractivity contribution in [3.8, 4) is 0 Å². The number of hydrogen-bond donors (Lipinski definition) is 1. The number of rotatable bonds is 9. The molecule has 106 valence electrons. The molecule has 0 fully saturated rings. The van der Waals surface area contributed by atoms with Gasteiger partial charge in [-0.1, -0.05) is 37.3 Å². The average Bonchev–Trinajstić information content (AvgIpc) is 2.46. The number of aliphatic hydroxyl groups is 1. The zero-order chi connectivity index (χ0) is 13.9. The van der Waals surface area contributed by atoms with Gasteiger partial charge in [-0.3, -0.25) is 4.79 Å². The number of carbonyl (C=O) groups is 1. The van der Waals surface area contributed by atoms with Crippen LogP contribution >= 0.6 is 0 Å². The summed E-state index contributed by atoms with van der Waals surface area (Å²) in [5.74, 6) is -0.332. The number of aliphatic hydroxyl groups excluding tert-OH is 1. The van der Waals surface area contributed by atoms with E-state index in [4.69, 9.17) is 19.3 Å². The molecule has 0 bridgehead atoms. The highest BCUT2D eigenvalue weighted by atomic mass is 16.7. The molecule has 1 rings (SSSR count). The minimum atomic E-state index is -0.492. The summed E-state index contributed by atoms with van der Waals surface area (Å²) in [7, 11) is 0. The lowest BCUT2D eigenvalue weighted by molar-refractivity contribution is -0.166. The van der Waals surface area contributed by atoms with E-state index in [0.717, 1.165) is 5.56 Å². The van der Waals surface area contributed by atoms with Crippen molar-refractivity contribution >= 4 is 5.97 Å². The van der Waals surface area contributed by atoms with Gasteiger partial charge in [0.15, 0.2) is 6.79 Å². The van der Waals surface area contributed by atoms with Crippen LogP contribution in [0.2, 0.25) is 0 Å². The Bertz CT molecular complexity index is 352. The quantitative estimate of drug-likeness (QED) is 0.543. The van der Waals surface area contributed by atoms with Crippen molar-refractivity contribution in [3.05, 3.63) is 35.9 Å². The van der Waals surface area contributed by atoms with Gasteiger partial charge < -0.3 is 19.3 Å². The summed E-state index contributed by atoms with van der Waals surface area (Å²) in [6.07, 6.45) is -0.189. The topological polar surface area (TPSA) is 65.0 Å². The SMILES string of the molecule is CCC(=O)OCOC(CO)COCc1ccccc1. The highest BCUT2D eigenvalue weighted by Gasteiger charge is 2.09. The molecule has 0 aromatic heterocycles. The van der Waals surface area contributed by atoms with Gasteiger partial charge in [-0.05, 0) is 5.56 Å². The third-order valence-corrected chi connectivity index (χ3v) is 2.43. The van der Waals surface area contributed by atoms with Crippen LogP contribution in [-0.2, 0) is 25.6 Å². The summed E-state index contributed by atoms with van der Waals surface area (Å²) in [5.41, 5.74) is 1.05. The van der Waals surface area contributed by atoms with Gasteiger partial charge in [0, 0.05) is 6.42 Å². The molecule has 5 nitrogen and oxygen atoms in total. The number of carbonyl (C=O) groups excluding carboxylic acids is 1. The standard InChI is InChI=1S/C14H20O5/c1-2-14(16)19-11-18-13(8-15)10-17-9-12-6-4-3-5-7-12/h3-7,13,15H,2,8-11H2,1H3. The number of ether oxygens (including phenoxy) is 3. The Morgan fingerprint density at radius 3 is 2.68 bits per heavy atom. The molecule has 1 N–H and O–H groups in total. The molecule has 0 spiro atoms. The van der Waals surface area contributed by atoms with Crippen molar-refractivity contribution in [1.29, 1.82) is 0 Å². The van der Waals surface area contributed by atoms with Gasteiger partial charge >= 0.3 is 5.97 Å². The maximum absolute atomic E-state index is 10.9. The molecule has 1 aromatic carbocycles. The molecule has 1 atom stereocenters. The molecule has 0 aliphatic rings. The van der Waals surface area contributed by atoms with E-state index in [1.807, 2.05) is 30.3 Å². The minimum absolute atomic E-state index is 0.160. The molecule has 1 unspecified atom stereocenters. The van der Waals surface area contributed by atoms with Gasteiger partial charge in [0.05, 0.1) is 19.8 Å². The summed E-state index contributed by atoms with van der Waals surface area (Å²) in [6, 6.07) is 9.72. The van der Waals surface area contributed by atoms with Gasteiger partial charge in [0.2, 0.25) is 0 Å². The maximum atomic E-state index is 10.9. The third kappa shape index (κ3) is 6.91. The highest BCUT2D eigenvalue weighted by Crippen LogP contribution is 2.02. The Balaban J connectivity index is 2.16. The Kier molecular flexibility index (Phi) is 7.81. The highest BCUT2D eigenvalue weighted by molar-refractivity contribution is 5.68. The first-order valence-corrected chi connectivity index (χ1v) is 6.26. The van der Waals surface area contributed by atoms with Crippen LogP contribution in [0.4, 0.5) is 0 Å². The number of esters is 1. The molecular formula is C14H20O5. The molecule has 0 aliphatic carbocycles. The van der Waals surface area contributed by atoms with E-state index in [-0.39, 0.29) is 26.0 Å². The molecule has 1 aromatic rings. The summed E-state index contributed by atoms with van der Waals surface area (Å²) >= 11 is 0.